The van der Waals surface area contributed by atoms with Gasteiger partial charge in [-0.2, -0.15) is 13.2 Å². The topological polar surface area (TPSA) is 30.0 Å². The lowest BCUT2D eigenvalue weighted by atomic mass is 9.76. The van der Waals surface area contributed by atoms with Crippen molar-refractivity contribution in [2.24, 2.45) is 17.8 Å². The molecule has 4 rings (SSSR count). The molecule has 0 spiro atoms. The quantitative estimate of drug-likeness (QED) is 0.494. The number of pyridine rings is 1. The number of nitrogens with zero attached hydrogens (tertiary/aromatic N) is 1. The molecular formula is C27H30F3NO. The second-order valence-electron chi connectivity index (χ2n) is 9.44. The normalized spacial score (nSPS) is 23.5. The molecule has 2 aliphatic carbocycles. The molecule has 0 saturated heterocycles. The molecule has 0 aliphatic heterocycles. The molecule has 0 radical (unpaired) electrons. The number of alkyl halides is 3. The number of benzene rings is 1. The zero-order valence-corrected chi connectivity index (χ0v) is 18.7. The van der Waals surface area contributed by atoms with Crippen LogP contribution in [0.2, 0.25) is 0 Å². The van der Waals surface area contributed by atoms with Gasteiger partial charge in [0.15, 0.2) is 0 Å². The molecule has 0 bridgehead atoms. The van der Waals surface area contributed by atoms with Crippen LogP contribution in [0.3, 0.4) is 0 Å². The maximum atomic E-state index is 13.3. The lowest BCUT2D eigenvalue weighted by Gasteiger charge is -2.28. The molecule has 2 aromatic rings. The summed E-state index contributed by atoms with van der Waals surface area (Å²) in [5, 5.41) is 0. The molecule has 0 amide bonds. The molecule has 2 nitrogen and oxygen atoms in total. The molecule has 1 aromatic heterocycles. The smallest absolute Gasteiger partial charge is 0.299 e. The Hall–Kier alpha value is -2.43. The van der Waals surface area contributed by atoms with Gasteiger partial charge < -0.3 is 0 Å². The molecule has 1 aromatic carbocycles. The molecule has 0 N–H and O–H groups in total. The Morgan fingerprint density at radius 2 is 1.94 bits per heavy atom. The van der Waals surface area contributed by atoms with Gasteiger partial charge in [0.1, 0.15) is 5.78 Å². The SMILES string of the molecule is Cc1c(-c2cnc3c(c2)CCC(CC(=O)C2CCCCC2C)C=C3)cccc1C(F)(F)F. The number of Topliss-reactive ketones (excluding diaryl/α,β-unsaturated/α-hetero) is 1. The zero-order valence-electron chi connectivity index (χ0n) is 18.7. The van der Waals surface area contributed by atoms with E-state index in [1.165, 1.54) is 19.4 Å². The van der Waals surface area contributed by atoms with Crippen LogP contribution >= 0.6 is 0 Å². The number of aryl methyl sites for hydroxylation is 1. The molecule has 32 heavy (non-hydrogen) atoms. The maximum absolute atomic E-state index is 13.3. The van der Waals surface area contributed by atoms with E-state index in [1.54, 1.807) is 12.3 Å². The molecule has 3 unspecified atom stereocenters. The second kappa shape index (κ2) is 9.21. The fourth-order valence-electron chi connectivity index (χ4n) is 5.31. The number of fused-ring (bicyclic) bond motifs is 1. The van der Waals surface area contributed by atoms with Gasteiger partial charge in [0, 0.05) is 24.1 Å². The Morgan fingerprint density at radius 1 is 1.16 bits per heavy atom. The van der Waals surface area contributed by atoms with Crippen LogP contribution in [0.25, 0.3) is 17.2 Å². The van der Waals surface area contributed by atoms with Gasteiger partial charge in [-0.15, -0.1) is 0 Å². The first kappa shape index (κ1) is 22.8. The van der Waals surface area contributed by atoms with Crippen molar-refractivity contribution in [3.63, 3.8) is 0 Å². The van der Waals surface area contributed by atoms with E-state index in [0.717, 1.165) is 49.4 Å². The fourth-order valence-corrected chi connectivity index (χ4v) is 5.31. The maximum Gasteiger partial charge on any atom is 0.416 e. The van der Waals surface area contributed by atoms with Gasteiger partial charge in [-0.1, -0.05) is 44.4 Å². The highest BCUT2D eigenvalue weighted by molar-refractivity contribution is 5.82. The van der Waals surface area contributed by atoms with Crippen molar-refractivity contribution in [2.45, 2.75) is 65.0 Å². The average molecular weight is 442 g/mol. The van der Waals surface area contributed by atoms with Crippen molar-refractivity contribution in [2.75, 3.05) is 0 Å². The van der Waals surface area contributed by atoms with Crippen LogP contribution in [0.4, 0.5) is 13.2 Å². The largest absolute Gasteiger partial charge is 0.416 e. The highest BCUT2D eigenvalue weighted by Crippen LogP contribution is 2.37. The van der Waals surface area contributed by atoms with Gasteiger partial charge in [0.05, 0.1) is 11.3 Å². The van der Waals surface area contributed by atoms with Gasteiger partial charge in [-0.3, -0.25) is 9.78 Å². The van der Waals surface area contributed by atoms with Crippen molar-refractivity contribution in [3.8, 4) is 11.1 Å². The summed E-state index contributed by atoms with van der Waals surface area (Å²) in [5.74, 6) is 1.23. The number of halogens is 3. The molecule has 170 valence electrons. The van der Waals surface area contributed by atoms with Crippen LogP contribution in [-0.4, -0.2) is 10.8 Å². The Bertz CT molecular complexity index is 1020. The van der Waals surface area contributed by atoms with Crippen LogP contribution in [0.1, 0.15) is 67.8 Å². The Labute approximate surface area is 188 Å². The summed E-state index contributed by atoms with van der Waals surface area (Å²) in [6, 6.07) is 6.24. The third kappa shape index (κ3) is 4.82. The highest BCUT2D eigenvalue weighted by atomic mass is 19.4. The van der Waals surface area contributed by atoms with E-state index in [-0.39, 0.29) is 17.4 Å². The second-order valence-corrected chi connectivity index (χ2v) is 9.44. The lowest BCUT2D eigenvalue weighted by molar-refractivity contribution is -0.138. The van der Waals surface area contributed by atoms with Gasteiger partial charge in [-0.25, -0.2) is 0 Å². The van der Waals surface area contributed by atoms with E-state index >= 15 is 0 Å². The van der Waals surface area contributed by atoms with E-state index in [9.17, 15) is 18.0 Å². The molecular weight excluding hydrogens is 411 g/mol. The number of hydrogen-bond donors (Lipinski definition) is 0. The predicted molar refractivity (Wildman–Crippen MR) is 121 cm³/mol. The number of hydrogen-bond acceptors (Lipinski definition) is 2. The van der Waals surface area contributed by atoms with Crippen LogP contribution in [0.15, 0.2) is 36.5 Å². The highest BCUT2D eigenvalue weighted by Gasteiger charge is 2.33. The lowest BCUT2D eigenvalue weighted by Crippen LogP contribution is -2.26. The average Bonchev–Trinajstić information content (AvgIpc) is 2.95. The third-order valence-corrected chi connectivity index (χ3v) is 7.25. The number of carbonyl (C=O) groups excluding carboxylic acids is 1. The van der Waals surface area contributed by atoms with Crippen LogP contribution in [0, 0.1) is 24.7 Å². The monoisotopic (exact) mass is 441 g/mol. The summed E-state index contributed by atoms with van der Waals surface area (Å²) in [4.78, 5) is 17.5. The van der Waals surface area contributed by atoms with E-state index in [2.05, 4.69) is 18.0 Å². The minimum atomic E-state index is -4.38. The molecule has 1 heterocycles. The minimum absolute atomic E-state index is 0.185. The fraction of sp³-hybridized carbons (Fsp3) is 0.481. The first-order valence-electron chi connectivity index (χ1n) is 11.6. The Balaban J connectivity index is 1.50. The standard InChI is InChI=1S/C27H30F3NO/c1-17-6-3-4-7-22(17)26(32)14-19-10-12-20-15-21(16-31-25(20)13-11-19)23-8-5-9-24(18(23)2)27(28,29)30/h5,8-9,11,13,15-17,19,22H,3-4,6-7,10,12,14H2,1-2H3. The molecule has 1 fully saturated rings. The summed E-state index contributed by atoms with van der Waals surface area (Å²) in [5.41, 5.74) is 2.74. The van der Waals surface area contributed by atoms with Crippen molar-refractivity contribution in [3.05, 3.63) is 58.9 Å². The Morgan fingerprint density at radius 3 is 2.69 bits per heavy atom. The van der Waals surface area contributed by atoms with Gasteiger partial charge in [0.25, 0.3) is 0 Å². The molecule has 1 saturated carbocycles. The molecule has 3 atom stereocenters. The third-order valence-electron chi connectivity index (χ3n) is 7.25. The summed E-state index contributed by atoms with van der Waals surface area (Å²) >= 11 is 0. The number of carbonyl (C=O) groups is 1. The first-order chi connectivity index (χ1) is 15.2. The summed E-state index contributed by atoms with van der Waals surface area (Å²) in [6.07, 6.45) is 8.06. The summed E-state index contributed by atoms with van der Waals surface area (Å²) in [7, 11) is 0. The Kier molecular flexibility index (Phi) is 6.55. The van der Waals surface area contributed by atoms with E-state index in [4.69, 9.17) is 0 Å². The number of rotatable bonds is 4. The molecule has 5 heteroatoms. The predicted octanol–water partition coefficient (Wildman–Crippen LogP) is 7.44. The zero-order chi connectivity index (χ0) is 22.9. The van der Waals surface area contributed by atoms with E-state index in [0.29, 0.717) is 29.2 Å². The van der Waals surface area contributed by atoms with Crippen LogP contribution < -0.4 is 0 Å². The van der Waals surface area contributed by atoms with Crippen molar-refractivity contribution < 1.29 is 18.0 Å². The van der Waals surface area contributed by atoms with Crippen molar-refractivity contribution in [1.29, 1.82) is 0 Å². The summed E-state index contributed by atoms with van der Waals surface area (Å²) < 4.78 is 40.0. The van der Waals surface area contributed by atoms with E-state index < -0.39 is 11.7 Å². The van der Waals surface area contributed by atoms with Gasteiger partial charge in [-0.05, 0) is 72.9 Å². The van der Waals surface area contributed by atoms with Crippen LogP contribution in [0.5, 0.6) is 0 Å². The van der Waals surface area contributed by atoms with Gasteiger partial charge in [0.2, 0.25) is 0 Å². The summed E-state index contributed by atoms with van der Waals surface area (Å²) in [6.45, 7) is 3.71. The number of aromatic nitrogens is 1. The number of ketones is 1. The van der Waals surface area contributed by atoms with Crippen LogP contribution in [-0.2, 0) is 17.4 Å². The minimum Gasteiger partial charge on any atom is -0.299 e. The van der Waals surface area contributed by atoms with Gasteiger partial charge >= 0.3 is 6.18 Å². The van der Waals surface area contributed by atoms with E-state index in [1.807, 2.05) is 12.1 Å². The number of allylic oxidation sites excluding steroid dienone is 1. The van der Waals surface area contributed by atoms with Crippen molar-refractivity contribution in [1.82, 2.24) is 4.98 Å². The van der Waals surface area contributed by atoms with Crippen molar-refractivity contribution >= 4 is 11.9 Å². The first-order valence-corrected chi connectivity index (χ1v) is 11.6. The molecule has 2 aliphatic rings.